The van der Waals surface area contributed by atoms with Gasteiger partial charge in [-0.25, -0.2) is 4.98 Å². The van der Waals surface area contributed by atoms with Crippen molar-refractivity contribution in [1.29, 1.82) is 0 Å². The van der Waals surface area contributed by atoms with Gasteiger partial charge in [-0.1, -0.05) is 13.8 Å². The summed E-state index contributed by atoms with van der Waals surface area (Å²) in [5.74, 6) is 0.469. The Morgan fingerprint density at radius 1 is 1.39 bits per heavy atom. The molecule has 2 N–H and O–H groups in total. The Bertz CT molecular complexity index is 433. The largest absolute Gasteiger partial charge is 0.384 e. The zero-order valence-corrected chi connectivity index (χ0v) is 11.8. The molecule has 5 heteroatoms. The van der Waals surface area contributed by atoms with Gasteiger partial charge in [-0.2, -0.15) is 11.8 Å². The summed E-state index contributed by atoms with van der Waals surface area (Å²) in [7, 11) is 0. The number of amides is 1. The summed E-state index contributed by atoms with van der Waals surface area (Å²) in [6.07, 6.45) is 0. The fourth-order valence-corrected chi connectivity index (χ4v) is 3.67. The van der Waals surface area contributed by atoms with Crippen LogP contribution in [0.5, 0.6) is 0 Å². The minimum atomic E-state index is 0.0613. The van der Waals surface area contributed by atoms with Gasteiger partial charge < -0.3 is 10.6 Å². The lowest BCUT2D eigenvalue weighted by Gasteiger charge is -2.34. The molecule has 18 heavy (non-hydrogen) atoms. The number of thioether (sulfide) groups is 1. The van der Waals surface area contributed by atoms with E-state index in [1.165, 1.54) is 0 Å². The predicted molar refractivity (Wildman–Crippen MR) is 75.8 cm³/mol. The second-order valence-electron chi connectivity index (χ2n) is 4.89. The average Bonchev–Trinajstić information content (AvgIpc) is 2.25. The Kier molecular flexibility index (Phi) is 3.80. The number of aryl methyl sites for hydroxylation is 1. The van der Waals surface area contributed by atoms with Gasteiger partial charge in [0.1, 0.15) is 5.82 Å². The van der Waals surface area contributed by atoms with Crippen LogP contribution < -0.4 is 5.73 Å². The van der Waals surface area contributed by atoms with E-state index in [0.717, 1.165) is 18.8 Å². The fourth-order valence-electron chi connectivity index (χ4n) is 2.34. The van der Waals surface area contributed by atoms with E-state index in [0.29, 0.717) is 21.9 Å². The van der Waals surface area contributed by atoms with Crippen molar-refractivity contribution in [2.45, 2.75) is 31.3 Å². The van der Waals surface area contributed by atoms with Crippen molar-refractivity contribution in [3.8, 4) is 0 Å². The molecule has 1 aromatic heterocycles. The first-order valence-electron chi connectivity index (χ1n) is 6.14. The van der Waals surface area contributed by atoms with Crippen molar-refractivity contribution < 1.29 is 4.79 Å². The molecule has 0 bridgehead atoms. The van der Waals surface area contributed by atoms with E-state index < -0.39 is 0 Å². The van der Waals surface area contributed by atoms with Crippen LogP contribution in [0.25, 0.3) is 0 Å². The molecule has 1 aliphatic heterocycles. The lowest BCUT2D eigenvalue weighted by molar-refractivity contribution is 0.0753. The van der Waals surface area contributed by atoms with E-state index in [1.54, 1.807) is 12.1 Å². The van der Waals surface area contributed by atoms with Crippen molar-refractivity contribution in [2.75, 3.05) is 18.8 Å². The van der Waals surface area contributed by atoms with Crippen LogP contribution in [0.3, 0.4) is 0 Å². The van der Waals surface area contributed by atoms with Gasteiger partial charge in [-0.05, 0) is 19.1 Å². The average molecular weight is 265 g/mol. The molecule has 0 aromatic carbocycles. The van der Waals surface area contributed by atoms with Crippen LogP contribution in [-0.4, -0.2) is 39.4 Å². The maximum Gasteiger partial charge on any atom is 0.254 e. The monoisotopic (exact) mass is 265 g/mol. The van der Waals surface area contributed by atoms with Gasteiger partial charge in [-0.15, -0.1) is 0 Å². The van der Waals surface area contributed by atoms with Crippen molar-refractivity contribution >= 4 is 23.5 Å². The number of nitrogen functional groups attached to an aromatic ring is 1. The number of aromatic nitrogens is 1. The number of rotatable bonds is 1. The van der Waals surface area contributed by atoms with Gasteiger partial charge in [0, 0.05) is 34.8 Å². The summed E-state index contributed by atoms with van der Waals surface area (Å²) in [6.45, 7) is 7.77. The molecule has 2 heterocycles. The quantitative estimate of drug-likeness (QED) is 0.843. The number of hydrogen-bond acceptors (Lipinski definition) is 4. The van der Waals surface area contributed by atoms with Crippen LogP contribution in [0.2, 0.25) is 0 Å². The maximum absolute atomic E-state index is 12.4. The first-order valence-corrected chi connectivity index (χ1v) is 7.09. The normalized spacial score (nSPS) is 24.1. The highest BCUT2D eigenvalue weighted by atomic mass is 32.2. The molecule has 1 aromatic rings. The highest BCUT2D eigenvalue weighted by Gasteiger charge is 2.26. The van der Waals surface area contributed by atoms with Gasteiger partial charge in [0.05, 0.1) is 0 Å². The third-order valence-corrected chi connectivity index (χ3v) is 4.15. The third kappa shape index (κ3) is 2.96. The van der Waals surface area contributed by atoms with E-state index >= 15 is 0 Å². The van der Waals surface area contributed by atoms with Gasteiger partial charge in [-0.3, -0.25) is 4.79 Å². The van der Waals surface area contributed by atoms with Crippen LogP contribution in [0.1, 0.15) is 29.9 Å². The molecular weight excluding hydrogens is 246 g/mol. The molecule has 4 nitrogen and oxygen atoms in total. The van der Waals surface area contributed by atoms with Crippen LogP contribution in [-0.2, 0) is 0 Å². The molecule has 1 saturated heterocycles. The Balaban J connectivity index is 2.20. The topological polar surface area (TPSA) is 59.2 Å². The SMILES string of the molecule is Cc1cc(C(=O)N2CC(C)SC(C)C2)cc(N)n1. The second-order valence-corrected chi connectivity index (χ2v) is 6.77. The maximum atomic E-state index is 12.4. The zero-order valence-electron chi connectivity index (χ0n) is 11.0. The van der Waals surface area contributed by atoms with Crippen molar-refractivity contribution in [2.24, 2.45) is 0 Å². The number of pyridine rings is 1. The summed E-state index contributed by atoms with van der Waals surface area (Å²) in [5.41, 5.74) is 7.12. The number of carbonyl (C=O) groups excluding carboxylic acids is 1. The van der Waals surface area contributed by atoms with E-state index in [-0.39, 0.29) is 5.91 Å². The van der Waals surface area contributed by atoms with E-state index in [4.69, 9.17) is 5.73 Å². The fraction of sp³-hybridized carbons (Fsp3) is 0.538. The predicted octanol–water partition coefficient (Wildman–Crippen LogP) is 1.94. The molecule has 2 unspecified atom stereocenters. The number of nitrogens with two attached hydrogens (primary N) is 1. The highest BCUT2D eigenvalue weighted by molar-refractivity contribution is 8.00. The molecule has 1 amide bonds. The molecule has 0 saturated carbocycles. The smallest absolute Gasteiger partial charge is 0.254 e. The van der Waals surface area contributed by atoms with Gasteiger partial charge in [0.2, 0.25) is 0 Å². The first kappa shape index (κ1) is 13.2. The number of hydrogen-bond donors (Lipinski definition) is 1. The summed E-state index contributed by atoms with van der Waals surface area (Å²) in [6, 6.07) is 3.46. The van der Waals surface area contributed by atoms with Crippen LogP contribution in [0, 0.1) is 6.92 Å². The minimum Gasteiger partial charge on any atom is -0.384 e. The Morgan fingerprint density at radius 3 is 2.56 bits per heavy atom. The molecule has 1 fully saturated rings. The summed E-state index contributed by atoms with van der Waals surface area (Å²) < 4.78 is 0. The van der Waals surface area contributed by atoms with Crippen LogP contribution in [0.15, 0.2) is 12.1 Å². The summed E-state index contributed by atoms with van der Waals surface area (Å²) in [5, 5.41) is 0.968. The first-order chi connectivity index (χ1) is 8.45. The lowest BCUT2D eigenvalue weighted by atomic mass is 10.2. The molecule has 0 spiro atoms. The Labute approximate surface area is 112 Å². The zero-order chi connectivity index (χ0) is 13.3. The van der Waals surface area contributed by atoms with Crippen molar-refractivity contribution in [3.05, 3.63) is 23.4 Å². The molecule has 98 valence electrons. The molecule has 1 aliphatic rings. The van der Waals surface area contributed by atoms with Crippen LogP contribution in [0.4, 0.5) is 5.82 Å². The van der Waals surface area contributed by atoms with Gasteiger partial charge >= 0.3 is 0 Å². The van der Waals surface area contributed by atoms with Crippen molar-refractivity contribution in [1.82, 2.24) is 9.88 Å². The molecule has 2 atom stereocenters. The van der Waals surface area contributed by atoms with Gasteiger partial charge in [0.15, 0.2) is 0 Å². The lowest BCUT2D eigenvalue weighted by Crippen LogP contribution is -2.44. The summed E-state index contributed by atoms with van der Waals surface area (Å²) in [4.78, 5) is 18.4. The van der Waals surface area contributed by atoms with E-state index in [2.05, 4.69) is 18.8 Å². The standard InChI is InChI=1S/C13H19N3OS/c1-8-4-11(5-12(14)15-8)13(17)16-6-9(2)18-10(3)7-16/h4-5,9-10H,6-7H2,1-3H3,(H2,14,15). The van der Waals surface area contributed by atoms with E-state index in [9.17, 15) is 4.79 Å². The molecular formula is C13H19N3OS. The Morgan fingerprint density at radius 2 is 2.00 bits per heavy atom. The molecule has 0 aliphatic carbocycles. The number of anilines is 1. The molecule has 0 radical (unpaired) electrons. The van der Waals surface area contributed by atoms with Gasteiger partial charge in [0.25, 0.3) is 5.91 Å². The van der Waals surface area contributed by atoms with E-state index in [1.807, 2.05) is 23.6 Å². The van der Waals surface area contributed by atoms with Crippen LogP contribution >= 0.6 is 11.8 Å². The number of carbonyl (C=O) groups is 1. The highest BCUT2D eigenvalue weighted by Crippen LogP contribution is 2.25. The minimum absolute atomic E-state index is 0.0613. The summed E-state index contributed by atoms with van der Waals surface area (Å²) >= 11 is 1.93. The Hall–Kier alpha value is -1.23. The molecule has 2 rings (SSSR count). The number of nitrogens with zero attached hydrogens (tertiary/aromatic N) is 2. The third-order valence-electron chi connectivity index (χ3n) is 2.93. The second kappa shape index (κ2) is 5.18. The van der Waals surface area contributed by atoms with Crippen molar-refractivity contribution in [3.63, 3.8) is 0 Å².